The summed E-state index contributed by atoms with van der Waals surface area (Å²) >= 11 is 1.65. The Bertz CT molecular complexity index is 720. The van der Waals surface area contributed by atoms with E-state index in [0.717, 1.165) is 32.9 Å². The second-order valence-corrected chi connectivity index (χ2v) is 5.82. The van der Waals surface area contributed by atoms with Crippen molar-refractivity contribution in [2.24, 2.45) is 0 Å². The molecule has 0 fully saturated rings. The van der Waals surface area contributed by atoms with Gasteiger partial charge in [-0.25, -0.2) is 0 Å². The third-order valence-corrected chi connectivity index (χ3v) is 4.36. The summed E-state index contributed by atoms with van der Waals surface area (Å²) in [6.45, 7) is 0. The molecule has 3 rings (SSSR count). The molecule has 1 aromatic carbocycles. The Hall–Kier alpha value is -1.92. The fourth-order valence-corrected chi connectivity index (χ4v) is 2.97. The first kappa shape index (κ1) is 15.0. The summed E-state index contributed by atoms with van der Waals surface area (Å²) in [6, 6.07) is 8.17. The number of methoxy groups -OCH3 is 1. The largest absolute Gasteiger partial charge is 0.542 e. The number of thioether (sulfide) groups is 1. The molecule has 0 bridgehead atoms. The lowest BCUT2D eigenvalue weighted by atomic mass is 9.82. The van der Waals surface area contributed by atoms with E-state index < -0.39 is 7.12 Å². The number of hydrogen-bond donors (Lipinski definition) is 1. The molecule has 0 saturated heterocycles. The Morgan fingerprint density at radius 2 is 2.05 bits per heavy atom. The van der Waals surface area contributed by atoms with Gasteiger partial charge < -0.3 is 14.4 Å². The molecule has 2 heterocycles. The summed E-state index contributed by atoms with van der Waals surface area (Å²) in [6.07, 6.45) is 7.72. The maximum absolute atomic E-state index is 9.46. The van der Waals surface area contributed by atoms with Gasteiger partial charge in [-0.2, -0.15) is 0 Å². The molecule has 1 aliphatic heterocycles. The second-order valence-electron chi connectivity index (χ2n) is 4.97. The number of ether oxygens (including phenoxy) is 1. The fourth-order valence-electron chi connectivity index (χ4n) is 2.42. The van der Waals surface area contributed by atoms with Crippen LogP contribution in [0.4, 0.5) is 0 Å². The van der Waals surface area contributed by atoms with Gasteiger partial charge in [0, 0.05) is 29.2 Å². The van der Waals surface area contributed by atoms with Gasteiger partial charge in [0.15, 0.2) is 0 Å². The monoisotopic (exact) mass is 313 g/mol. The van der Waals surface area contributed by atoms with Gasteiger partial charge in [0.1, 0.15) is 5.75 Å². The van der Waals surface area contributed by atoms with Crippen molar-refractivity contribution >= 4 is 24.5 Å². The summed E-state index contributed by atoms with van der Waals surface area (Å²) in [7, 11) is 0.926. The van der Waals surface area contributed by atoms with E-state index in [-0.39, 0.29) is 0 Å². The maximum Gasteiger partial charge on any atom is 0.526 e. The molecule has 6 heteroatoms. The summed E-state index contributed by atoms with van der Waals surface area (Å²) in [4.78, 5) is 5.41. The van der Waals surface area contributed by atoms with Crippen LogP contribution in [0.15, 0.2) is 47.8 Å². The van der Waals surface area contributed by atoms with Gasteiger partial charge in [-0.3, -0.25) is 4.98 Å². The van der Waals surface area contributed by atoms with Gasteiger partial charge in [0.05, 0.1) is 13.4 Å². The van der Waals surface area contributed by atoms with Crippen molar-refractivity contribution < 1.29 is 14.4 Å². The Morgan fingerprint density at radius 3 is 2.73 bits per heavy atom. The van der Waals surface area contributed by atoms with Crippen LogP contribution in [0.3, 0.4) is 0 Å². The zero-order valence-corrected chi connectivity index (χ0v) is 13.3. The van der Waals surface area contributed by atoms with Crippen LogP contribution in [-0.4, -0.2) is 30.5 Å². The minimum Gasteiger partial charge on any atom is -0.542 e. The lowest BCUT2D eigenvalue weighted by Crippen LogP contribution is -2.08. The fraction of sp³-hybridized carbons (Fsp3) is 0.188. The van der Waals surface area contributed by atoms with Gasteiger partial charge in [-0.15, -0.1) is 11.8 Å². The number of rotatable bonds is 4. The van der Waals surface area contributed by atoms with Crippen molar-refractivity contribution in [3.63, 3.8) is 0 Å². The highest BCUT2D eigenvalue weighted by Crippen LogP contribution is 2.33. The molecule has 112 valence electrons. The lowest BCUT2D eigenvalue weighted by Gasteiger charge is -2.10. The predicted molar refractivity (Wildman–Crippen MR) is 89.8 cm³/mol. The topological polar surface area (TPSA) is 51.6 Å². The molecular formula is C16H16BNO3S. The number of pyridine rings is 1. The van der Waals surface area contributed by atoms with E-state index in [1.54, 1.807) is 31.3 Å². The summed E-state index contributed by atoms with van der Waals surface area (Å²) in [5.41, 5.74) is 3.96. The third kappa shape index (κ3) is 2.98. The Morgan fingerprint density at radius 1 is 1.23 bits per heavy atom. The van der Waals surface area contributed by atoms with Crippen molar-refractivity contribution in [2.45, 2.75) is 11.2 Å². The first-order valence-corrected chi connectivity index (χ1v) is 8.14. The van der Waals surface area contributed by atoms with Crippen LogP contribution < -0.4 is 4.74 Å². The molecule has 1 N–H and O–H groups in total. The van der Waals surface area contributed by atoms with Crippen molar-refractivity contribution in [2.75, 3.05) is 13.4 Å². The molecule has 22 heavy (non-hydrogen) atoms. The van der Waals surface area contributed by atoms with E-state index in [1.165, 1.54) is 0 Å². The minimum absolute atomic E-state index is 0.486. The van der Waals surface area contributed by atoms with Crippen LogP contribution >= 0.6 is 11.8 Å². The SMILES string of the molecule is COc1cc(-c2cncc(C3=COB(O)C3)c2)ccc1SC. The first-order chi connectivity index (χ1) is 10.7. The lowest BCUT2D eigenvalue weighted by molar-refractivity contribution is 0.387. The molecule has 0 atom stereocenters. The minimum atomic E-state index is -0.750. The van der Waals surface area contributed by atoms with Gasteiger partial charge in [-0.1, -0.05) is 6.07 Å². The molecule has 1 aromatic heterocycles. The van der Waals surface area contributed by atoms with Crippen LogP contribution in [0, 0.1) is 0 Å². The quantitative estimate of drug-likeness (QED) is 0.693. The van der Waals surface area contributed by atoms with Crippen molar-refractivity contribution in [3.05, 3.63) is 48.5 Å². The summed E-state index contributed by atoms with van der Waals surface area (Å²) in [5, 5.41) is 9.46. The molecule has 0 spiro atoms. The smallest absolute Gasteiger partial charge is 0.526 e. The number of benzene rings is 1. The highest BCUT2D eigenvalue weighted by atomic mass is 32.2. The van der Waals surface area contributed by atoms with Crippen molar-refractivity contribution in [1.29, 1.82) is 0 Å². The normalized spacial score (nSPS) is 13.8. The van der Waals surface area contributed by atoms with Crippen LogP contribution in [0.2, 0.25) is 6.32 Å². The standard InChI is InChI=1S/C16H16BNO3S/c1-20-15-6-11(3-4-16(15)22-2)12-5-13(9-18-8-12)14-7-17(19)21-10-14/h3-6,8-10,19H,7H2,1-2H3. The first-order valence-electron chi connectivity index (χ1n) is 6.91. The molecule has 4 nitrogen and oxygen atoms in total. The Balaban J connectivity index is 1.95. The highest BCUT2D eigenvalue weighted by molar-refractivity contribution is 7.98. The predicted octanol–water partition coefficient (Wildman–Crippen LogP) is 3.33. The molecule has 0 amide bonds. The zero-order chi connectivity index (χ0) is 15.5. The summed E-state index contributed by atoms with van der Waals surface area (Å²) in [5.74, 6) is 0.856. The molecule has 0 saturated carbocycles. The van der Waals surface area contributed by atoms with Crippen LogP contribution in [0.5, 0.6) is 5.75 Å². The van der Waals surface area contributed by atoms with E-state index in [2.05, 4.69) is 11.1 Å². The molecule has 2 aromatic rings. The second kappa shape index (κ2) is 6.46. The molecule has 0 unspecified atom stereocenters. The van der Waals surface area contributed by atoms with Crippen molar-refractivity contribution in [1.82, 2.24) is 4.98 Å². The maximum atomic E-state index is 9.46. The molecule has 0 aliphatic carbocycles. The number of allylic oxidation sites excluding steroid dienone is 1. The van der Waals surface area contributed by atoms with Gasteiger partial charge in [0.2, 0.25) is 0 Å². The van der Waals surface area contributed by atoms with Gasteiger partial charge >= 0.3 is 7.12 Å². The highest BCUT2D eigenvalue weighted by Gasteiger charge is 2.24. The van der Waals surface area contributed by atoms with E-state index in [0.29, 0.717) is 6.32 Å². The van der Waals surface area contributed by atoms with Crippen LogP contribution in [0.25, 0.3) is 16.7 Å². The van der Waals surface area contributed by atoms with Gasteiger partial charge in [-0.05, 0) is 41.2 Å². The van der Waals surface area contributed by atoms with E-state index >= 15 is 0 Å². The van der Waals surface area contributed by atoms with Gasteiger partial charge in [0.25, 0.3) is 0 Å². The van der Waals surface area contributed by atoms with E-state index in [9.17, 15) is 5.02 Å². The van der Waals surface area contributed by atoms with E-state index in [1.807, 2.05) is 30.7 Å². The number of aromatic nitrogens is 1. The van der Waals surface area contributed by atoms with E-state index in [4.69, 9.17) is 9.39 Å². The Kier molecular flexibility index (Phi) is 4.40. The van der Waals surface area contributed by atoms with Crippen molar-refractivity contribution in [3.8, 4) is 16.9 Å². The average Bonchev–Trinajstić information content (AvgIpc) is 3.01. The van der Waals surface area contributed by atoms with Crippen LogP contribution in [0.1, 0.15) is 5.56 Å². The summed E-state index contributed by atoms with van der Waals surface area (Å²) < 4.78 is 10.5. The molecule has 1 aliphatic rings. The molecular weight excluding hydrogens is 297 g/mol. The average molecular weight is 313 g/mol. The number of hydrogen-bond acceptors (Lipinski definition) is 5. The zero-order valence-electron chi connectivity index (χ0n) is 12.4. The third-order valence-electron chi connectivity index (χ3n) is 3.59. The number of nitrogens with zero attached hydrogens (tertiary/aromatic N) is 1. The Labute approximate surface area is 134 Å². The molecule has 0 radical (unpaired) electrons. The van der Waals surface area contributed by atoms with Crippen LogP contribution in [-0.2, 0) is 4.65 Å².